The summed E-state index contributed by atoms with van der Waals surface area (Å²) in [5.41, 5.74) is 1.34. The Balaban J connectivity index is 0.000000727. The van der Waals surface area contributed by atoms with Crippen molar-refractivity contribution in [3.05, 3.63) is 76.3 Å². The quantitative estimate of drug-likeness (QED) is 0.140. The highest BCUT2D eigenvalue weighted by Crippen LogP contribution is 2.40. The van der Waals surface area contributed by atoms with E-state index in [0.717, 1.165) is 12.1 Å². The van der Waals surface area contributed by atoms with Crippen LogP contribution in [-0.2, 0) is 19.1 Å². The van der Waals surface area contributed by atoms with Crippen LogP contribution in [0.15, 0.2) is 42.6 Å². The Morgan fingerprint density at radius 3 is 2.44 bits per heavy atom. The Kier molecular flexibility index (Phi) is 11.8. The van der Waals surface area contributed by atoms with Crippen LogP contribution < -0.4 is 10.6 Å². The number of cyclic esters (lactones) is 1. The predicted octanol–water partition coefficient (Wildman–Crippen LogP) is 8.01. The van der Waals surface area contributed by atoms with E-state index in [4.69, 9.17) is 26.2 Å². The second kappa shape index (κ2) is 15.7. The number of benzene rings is 2. The van der Waals surface area contributed by atoms with Gasteiger partial charge in [-0.1, -0.05) is 31.0 Å². The Bertz CT molecular complexity index is 1790. The van der Waals surface area contributed by atoms with Crippen LogP contribution in [0, 0.1) is 23.5 Å². The van der Waals surface area contributed by atoms with Gasteiger partial charge in [0.2, 0.25) is 11.9 Å². The summed E-state index contributed by atoms with van der Waals surface area (Å²) in [6, 6.07) is 7.58. The average Bonchev–Trinajstić information content (AvgIpc) is 3.05. The number of aromatic nitrogens is 1. The van der Waals surface area contributed by atoms with Gasteiger partial charge in [-0.15, -0.1) is 0 Å². The zero-order valence-corrected chi connectivity index (χ0v) is 27.0. The minimum Gasteiger partial charge on any atom is -0.475 e. The third-order valence-corrected chi connectivity index (χ3v) is 8.23. The van der Waals surface area contributed by atoms with E-state index in [1.54, 1.807) is 31.2 Å². The van der Waals surface area contributed by atoms with Crippen molar-refractivity contribution in [2.24, 2.45) is 5.92 Å². The van der Waals surface area contributed by atoms with Gasteiger partial charge in [-0.3, -0.25) is 10.1 Å². The first-order valence-electron chi connectivity index (χ1n) is 14.9. The molecule has 3 atom stereocenters. The number of alkyl halides is 3. The number of amides is 3. The van der Waals surface area contributed by atoms with Gasteiger partial charge in [-0.2, -0.15) is 17.6 Å². The summed E-state index contributed by atoms with van der Waals surface area (Å²) in [4.78, 5) is 52.3. The smallest absolute Gasteiger partial charge is 0.475 e. The Morgan fingerprint density at radius 1 is 1.10 bits per heavy atom. The number of aliphatic carboxylic acids is 1. The van der Waals surface area contributed by atoms with Gasteiger partial charge in [0, 0.05) is 47.5 Å². The van der Waals surface area contributed by atoms with Crippen LogP contribution in [-0.4, -0.2) is 58.9 Å². The Morgan fingerprint density at radius 2 is 1.80 bits per heavy atom. The van der Waals surface area contributed by atoms with E-state index >= 15 is 4.39 Å². The van der Waals surface area contributed by atoms with Gasteiger partial charge >= 0.3 is 24.3 Å². The van der Waals surface area contributed by atoms with Crippen molar-refractivity contribution >= 4 is 47.0 Å². The highest BCUT2D eigenvalue weighted by molar-refractivity contribution is 6.30. The van der Waals surface area contributed by atoms with Gasteiger partial charge in [-0.25, -0.2) is 28.1 Å². The average molecular weight is 731 g/mol. The number of ether oxygens (including phenoxy) is 2. The lowest BCUT2D eigenvalue weighted by molar-refractivity contribution is -0.192. The molecule has 1 aromatic heterocycles. The second-order valence-corrected chi connectivity index (χ2v) is 11.6. The molecule has 2 aromatic carbocycles. The van der Waals surface area contributed by atoms with Gasteiger partial charge in [-0.05, 0) is 43.2 Å². The first kappa shape index (κ1) is 37.8. The molecule has 3 heterocycles. The summed E-state index contributed by atoms with van der Waals surface area (Å²) in [5, 5.41) is 12.3. The summed E-state index contributed by atoms with van der Waals surface area (Å²) in [7, 11) is 1.22. The maximum Gasteiger partial charge on any atom is 0.490 e. The van der Waals surface area contributed by atoms with Crippen molar-refractivity contribution in [2.75, 3.05) is 24.3 Å². The van der Waals surface area contributed by atoms with Crippen molar-refractivity contribution in [3.63, 3.8) is 0 Å². The van der Waals surface area contributed by atoms with E-state index < -0.39 is 65.5 Å². The van der Waals surface area contributed by atoms with Crippen molar-refractivity contribution in [1.29, 1.82) is 0 Å². The fourth-order valence-corrected chi connectivity index (χ4v) is 5.56. The summed E-state index contributed by atoms with van der Waals surface area (Å²) in [5.74, 6) is -6.16. The summed E-state index contributed by atoms with van der Waals surface area (Å²) >= 11 is 5.84. The monoisotopic (exact) mass is 730 g/mol. The molecule has 0 radical (unpaired) electrons. The van der Waals surface area contributed by atoms with Gasteiger partial charge in [0.1, 0.15) is 11.9 Å². The molecule has 0 spiro atoms. The molecule has 3 N–H and O–H groups in total. The molecule has 268 valence electrons. The van der Waals surface area contributed by atoms with Gasteiger partial charge in [0.15, 0.2) is 5.82 Å². The van der Waals surface area contributed by atoms with Crippen LogP contribution in [0.2, 0.25) is 5.02 Å². The highest BCUT2D eigenvalue weighted by Gasteiger charge is 2.39. The molecule has 2 bridgehead atoms. The molecule has 2 unspecified atom stereocenters. The zero-order valence-electron chi connectivity index (χ0n) is 26.2. The summed E-state index contributed by atoms with van der Waals surface area (Å²) < 4.78 is 86.4. The number of methoxy groups -OCH3 is 1. The fraction of sp³-hybridized carbons (Fsp3) is 0.344. The van der Waals surface area contributed by atoms with Crippen molar-refractivity contribution < 1.29 is 60.1 Å². The van der Waals surface area contributed by atoms with E-state index in [1.165, 1.54) is 18.2 Å². The van der Waals surface area contributed by atoms with Gasteiger partial charge in [0.05, 0.1) is 29.4 Å². The molecule has 2 aliphatic rings. The maximum absolute atomic E-state index is 15.4. The van der Waals surface area contributed by atoms with Gasteiger partial charge in [0.25, 0.3) is 0 Å². The third kappa shape index (κ3) is 8.74. The van der Waals surface area contributed by atoms with E-state index in [-0.39, 0.29) is 35.9 Å². The normalized spacial score (nSPS) is 19.3. The van der Waals surface area contributed by atoms with E-state index in [2.05, 4.69) is 20.4 Å². The number of hydrogen-bond acceptors (Lipinski definition) is 7. The third-order valence-electron chi connectivity index (χ3n) is 7.94. The lowest BCUT2D eigenvalue weighted by Crippen LogP contribution is -2.42. The number of carboxylic acid groups (broad SMARTS) is 1. The topological polar surface area (TPSA) is 147 Å². The molecule has 18 heteroatoms. The molecule has 1 saturated heterocycles. The maximum atomic E-state index is 15.4. The standard InChI is InChI=1S/C30H28ClF3N4O5.C2HF3O2/c1-15-4-3-5-23(38-11-10-24(43-30(38)41)25-21(32)9-8-20(31)26(25)33)19-12-16(14-35-27(19)34)18-7-6-17(36-29(40)42-2)13-22(18)37-28(15)39;3-2(4,5)1(6)7/h6-9,12-15,23-24H,3-5,10-11H2,1-2H3,(H,36,40)(H,37,39);(H,6,7)/t15?,23-,24?;/m0./s1. The fourth-order valence-electron chi connectivity index (χ4n) is 5.40. The van der Waals surface area contributed by atoms with Gasteiger partial charge < -0.3 is 24.8 Å². The number of nitrogens with zero attached hydrogens (tertiary/aromatic N) is 2. The molecule has 3 aromatic rings. The van der Waals surface area contributed by atoms with Crippen molar-refractivity contribution in [2.45, 2.75) is 50.9 Å². The molecule has 5 rings (SSSR count). The van der Waals surface area contributed by atoms with Crippen molar-refractivity contribution in [3.8, 4) is 11.1 Å². The van der Waals surface area contributed by atoms with Crippen LogP contribution in [0.1, 0.15) is 55.9 Å². The molecule has 50 heavy (non-hydrogen) atoms. The Labute approximate surface area is 285 Å². The van der Waals surface area contributed by atoms with Crippen LogP contribution in [0.4, 0.5) is 47.3 Å². The number of anilines is 2. The molecule has 1 fully saturated rings. The van der Waals surface area contributed by atoms with Crippen LogP contribution >= 0.6 is 11.6 Å². The first-order valence-corrected chi connectivity index (χ1v) is 15.3. The number of hydrogen-bond donors (Lipinski definition) is 3. The molecule has 0 aliphatic carbocycles. The van der Waals surface area contributed by atoms with Crippen molar-refractivity contribution in [1.82, 2.24) is 9.88 Å². The summed E-state index contributed by atoms with van der Waals surface area (Å²) in [6.45, 7) is 1.76. The number of nitrogens with one attached hydrogen (secondary N) is 2. The van der Waals surface area contributed by atoms with Crippen LogP contribution in [0.3, 0.4) is 0 Å². The molecule has 0 saturated carbocycles. The van der Waals surface area contributed by atoms with Crippen LogP contribution in [0.5, 0.6) is 0 Å². The number of pyridine rings is 1. The number of rotatable bonds is 3. The predicted molar refractivity (Wildman–Crippen MR) is 166 cm³/mol. The van der Waals surface area contributed by atoms with E-state index in [9.17, 15) is 36.3 Å². The number of carboxylic acids is 1. The molecular formula is C32H29ClF6N4O7. The largest absolute Gasteiger partial charge is 0.490 e. The van der Waals surface area contributed by atoms with Crippen LogP contribution in [0.25, 0.3) is 11.1 Å². The molecular weight excluding hydrogens is 702 g/mol. The minimum atomic E-state index is -5.08. The number of halogens is 7. The minimum absolute atomic E-state index is 0.0123. The lowest BCUT2D eigenvalue weighted by atomic mass is 9.92. The highest BCUT2D eigenvalue weighted by atomic mass is 35.5. The second-order valence-electron chi connectivity index (χ2n) is 11.2. The Hall–Kier alpha value is -5.06. The molecule has 11 nitrogen and oxygen atoms in total. The van der Waals surface area contributed by atoms with E-state index in [1.807, 2.05) is 0 Å². The number of carbonyl (C=O) groups is 4. The summed E-state index contributed by atoms with van der Waals surface area (Å²) in [6.07, 6.45) is -5.41. The SMILES string of the molecule is COC(=O)Nc1ccc2c(c1)NC(=O)C(C)CCC[C@H](N1CCC(c3c(F)ccc(Cl)c3F)OC1=O)c1cc-2cnc1F.O=C(O)C(F)(F)F. The number of carbonyl (C=O) groups excluding carboxylic acids is 3. The molecule has 2 aliphatic heterocycles. The van der Waals surface area contributed by atoms with E-state index in [0.29, 0.717) is 35.3 Å². The molecule has 3 amide bonds. The lowest BCUT2D eigenvalue weighted by Gasteiger charge is -2.38. The number of fused-ring (bicyclic) bond motifs is 4. The first-order chi connectivity index (χ1) is 23.5. The zero-order chi connectivity index (χ0) is 36.9.